The topological polar surface area (TPSA) is 283 Å². The highest BCUT2D eigenvalue weighted by Gasteiger charge is 2.33. The van der Waals surface area contributed by atoms with E-state index in [1.165, 1.54) is 27.8 Å². The lowest BCUT2D eigenvalue weighted by Crippen LogP contribution is -2.33. The molecule has 0 spiro atoms. The Bertz CT molecular complexity index is 4400. The number of phenols is 4. The quantitative estimate of drug-likeness (QED) is 0.0136. The molecule has 0 radical (unpaired) electrons. The lowest BCUT2D eigenvalue weighted by Gasteiger charge is -2.27. The van der Waals surface area contributed by atoms with Crippen LogP contribution in [0.2, 0.25) is 0 Å². The van der Waals surface area contributed by atoms with Gasteiger partial charge in [-0.1, -0.05) is 272 Å². The predicted molar refractivity (Wildman–Crippen MR) is 577 cm³/mol. The van der Waals surface area contributed by atoms with Gasteiger partial charge in [0.2, 0.25) is 6.10 Å². The third kappa shape index (κ3) is 60.1. The van der Waals surface area contributed by atoms with Gasteiger partial charge < -0.3 is 63.1 Å². The molecule has 1 aliphatic heterocycles. The second kappa shape index (κ2) is 70.6. The van der Waals surface area contributed by atoms with E-state index in [4.69, 9.17) is 58.3 Å². The smallest absolute Gasteiger partial charge is 0.347 e. The zero-order chi connectivity index (χ0) is 108. The molecule has 4 N–H and O–H groups in total. The Balaban J connectivity index is 0. The maximum atomic E-state index is 12.0. The van der Waals surface area contributed by atoms with Crippen LogP contribution in [0.3, 0.4) is 0 Å². The normalized spacial score (nSPS) is 14.0. The van der Waals surface area contributed by atoms with Crippen LogP contribution in [0.15, 0.2) is 206 Å². The summed E-state index contributed by atoms with van der Waals surface area (Å²) in [5, 5.41) is 36.0. The molecular formula is C121H184O20. The number of hydrogen-bond acceptors (Lipinski definition) is 20. The molecule has 9 rings (SSSR count). The minimum absolute atomic E-state index is 0.00119. The van der Waals surface area contributed by atoms with Crippen LogP contribution >= 0.6 is 0 Å². The summed E-state index contributed by atoms with van der Waals surface area (Å²) >= 11 is 0. The number of benzene rings is 8. The number of hydrogen-bond donors (Lipinski definition) is 4. The Morgan fingerprint density at radius 2 is 0.631 bits per heavy atom. The van der Waals surface area contributed by atoms with Gasteiger partial charge in [0.15, 0.2) is 6.29 Å². The first-order valence-corrected chi connectivity index (χ1v) is 51.1. The van der Waals surface area contributed by atoms with E-state index in [0.717, 1.165) is 93.1 Å². The summed E-state index contributed by atoms with van der Waals surface area (Å²) in [5.74, 6) is 4.38. The largest absolute Gasteiger partial charge is 0.508 e. The van der Waals surface area contributed by atoms with Gasteiger partial charge in [-0.2, -0.15) is 0 Å². The fourth-order valence-electron chi connectivity index (χ4n) is 11.2. The highest BCUT2D eigenvalue weighted by molar-refractivity contribution is 5.81. The number of aromatic hydroxyl groups is 4. The number of cyclic esters (lactones) is 1. The maximum Gasteiger partial charge on any atom is 0.347 e. The number of carbonyl (C=O) groups is 7. The minimum atomic E-state index is -0.665. The van der Waals surface area contributed by atoms with Gasteiger partial charge in [0.1, 0.15) is 57.9 Å². The van der Waals surface area contributed by atoms with E-state index in [9.17, 15) is 33.6 Å². The number of esters is 7. The zero-order valence-electron chi connectivity index (χ0n) is 92.9. The molecule has 20 nitrogen and oxygen atoms in total. The molecular weight excluding hydrogens is 1770 g/mol. The van der Waals surface area contributed by atoms with E-state index in [1.807, 2.05) is 300 Å². The molecule has 1 heterocycles. The summed E-state index contributed by atoms with van der Waals surface area (Å²) in [4.78, 5) is 79.3. The first kappa shape index (κ1) is 132. The average molecular weight is 1960 g/mol. The lowest BCUT2D eigenvalue weighted by atomic mass is 9.90. The van der Waals surface area contributed by atoms with Gasteiger partial charge in [0.05, 0.1) is 41.1 Å². The van der Waals surface area contributed by atoms with E-state index < -0.39 is 17.5 Å². The van der Waals surface area contributed by atoms with E-state index in [1.54, 1.807) is 55.5 Å². The predicted octanol–water partition coefficient (Wildman–Crippen LogP) is 31.5. The van der Waals surface area contributed by atoms with Gasteiger partial charge in [-0.05, 0) is 321 Å². The first-order chi connectivity index (χ1) is 65.9. The molecule has 788 valence electrons. The van der Waals surface area contributed by atoms with Crippen molar-refractivity contribution in [3.05, 3.63) is 240 Å². The highest BCUT2D eigenvalue weighted by atomic mass is 16.7. The second-order valence-electron chi connectivity index (χ2n) is 40.2. The fourth-order valence-corrected chi connectivity index (χ4v) is 11.2. The molecule has 8 aromatic carbocycles. The summed E-state index contributed by atoms with van der Waals surface area (Å²) in [6.45, 7) is 70.9. The monoisotopic (exact) mass is 1960 g/mol. The van der Waals surface area contributed by atoms with E-state index in [2.05, 4.69) is 98.2 Å². The summed E-state index contributed by atoms with van der Waals surface area (Å²) in [5.41, 5.74) is 7.98. The van der Waals surface area contributed by atoms with Gasteiger partial charge in [-0.25, -0.2) is 4.79 Å². The number of carbonyl (C=O) groups excluding carboxylic acids is 7. The van der Waals surface area contributed by atoms with Gasteiger partial charge in [0, 0.05) is 13.0 Å². The standard InChI is InChI=1S/C18H20O2.C14H22O2.C12H16O2.C10H20O2.4C10H14O.C9H14O4.2C9H18O2/c1-4-18(2,3)17(19)20-16-12-10-15(11-13-16)14-8-6-5-7-9-14;1-5-11(3)13-7-9-14(10-8-13)16-12(4)15-6-2;1-3-10(2)12(13)14-9-11-7-5-4-6-8-11;1-7-10(5,6)8(11)12-9(2,3)4;4*1-3-8(2)9-4-6-10(11)7-5-9;1-3-6(2)8(10)13-7-4-5-12-9(7)11;2*1-6-7(2)8(10)11-9(3,4)5/h5-13H,4H2,1-3H3;7-12H,5-6H2,1-4H3;4-8,10H,3,9H2,1-2H3;7H2,1-6H3;4*4-8,11H,3H2,1-2H3;6-7H,3-5H2,1-2H3;2*7H,6H2,1-5H3. The van der Waals surface area contributed by atoms with E-state index in [0.29, 0.717) is 84.6 Å². The van der Waals surface area contributed by atoms with Crippen LogP contribution in [0.1, 0.15) is 382 Å². The number of phenolic OH excluding ortho intramolecular Hbond substituents is 4. The van der Waals surface area contributed by atoms with Crippen molar-refractivity contribution in [2.24, 2.45) is 34.5 Å². The highest BCUT2D eigenvalue weighted by Crippen LogP contribution is 2.31. The van der Waals surface area contributed by atoms with Crippen molar-refractivity contribution in [3.8, 4) is 45.6 Å². The molecule has 1 fully saturated rings. The van der Waals surface area contributed by atoms with Crippen LogP contribution in [0.5, 0.6) is 34.5 Å². The van der Waals surface area contributed by atoms with Crippen molar-refractivity contribution in [1.82, 2.24) is 0 Å². The van der Waals surface area contributed by atoms with Crippen LogP contribution < -0.4 is 9.47 Å². The van der Waals surface area contributed by atoms with Gasteiger partial charge >= 0.3 is 41.8 Å². The average Bonchev–Trinajstić information content (AvgIpc) is 1.31. The molecule has 0 amide bonds. The van der Waals surface area contributed by atoms with Crippen molar-refractivity contribution < 1.29 is 96.6 Å². The Morgan fingerprint density at radius 1 is 0.340 bits per heavy atom. The molecule has 0 aromatic heterocycles. The summed E-state index contributed by atoms with van der Waals surface area (Å²) < 4.78 is 46.7. The molecule has 11 unspecified atom stereocenters. The zero-order valence-corrected chi connectivity index (χ0v) is 92.9. The third-order valence-electron chi connectivity index (χ3n) is 23.7. The molecule has 0 saturated carbocycles. The van der Waals surface area contributed by atoms with Crippen LogP contribution in [-0.2, 0) is 73.3 Å². The van der Waals surface area contributed by atoms with E-state index >= 15 is 0 Å². The molecule has 11 atom stereocenters. The molecule has 20 heteroatoms. The second-order valence-corrected chi connectivity index (χ2v) is 40.2. The summed E-state index contributed by atoms with van der Waals surface area (Å²) in [6, 6.07) is 65.4. The van der Waals surface area contributed by atoms with Crippen LogP contribution in [0, 0.1) is 34.5 Å². The Labute approximate surface area is 851 Å². The Morgan fingerprint density at radius 3 is 0.922 bits per heavy atom. The van der Waals surface area contributed by atoms with Crippen molar-refractivity contribution in [2.45, 2.75) is 385 Å². The van der Waals surface area contributed by atoms with Crippen LogP contribution in [0.4, 0.5) is 0 Å². The maximum absolute atomic E-state index is 12.0. The molecule has 0 bridgehead atoms. The molecule has 1 aliphatic rings. The summed E-state index contributed by atoms with van der Waals surface area (Å²) in [7, 11) is 0. The third-order valence-corrected chi connectivity index (χ3v) is 23.7. The van der Waals surface area contributed by atoms with Crippen LogP contribution in [0.25, 0.3) is 11.1 Å². The fraction of sp³-hybridized carbons (Fsp3) is 0.545. The first-order valence-electron chi connectivity index (χ1n) is 51.1. The van der Waals surface area contributed by atoms with Crippen molar-refractivity contribution in [2.75, 3.05) is 13.2 Å². The Hall–Kier alpha value is -11.0. The van der Waals surface area contributed by atoms with Crippen molar-refractivity contribution in [3.63, 3.8) is 0 Å². The number of rotatable bonds is 31. The van der Waals surface area contributed by atoms with E-state index in [-0.39, 0.29) is 88.0 Å². The van der Waals surface area contributed by atoms with Crippen molar-refractivity contribution >= 4 is 41.8 Å². The van der Waals surface area contributed by atoms with Crippen molar-refractivity contribution in [1.29, 1.82) is 0 Å². The van der Waals surface area contributed by atoms with Crippen LogP contribution in [-0.4, -0.2) is 105 Å². The molecule has 141 heavy (non-hydrogen) atoms. The molecule has 0 aliphatic carbocycles. The summed E-state index contributed by atoms with van der Waals surface area (Å²) in [6.07, 6.45) is 10.2. The van der Waals surface area contributed by atoms with Gasteiger partial charge in [0.25, 0.3) is 0 Å². The minimum Gasteiger partial charge on any atom is -0.508 e. The van der Waals surface area contributed by atoms with Gasteiger partial charge in [-0.3, -0.25) is 28.8 Å². The molecule has 8 aromatic rings. The Kier molecular flexibility index (Phi) is 66.1. The van der Waals surface area contributed by atoms with Gasteiger partial charge in [-0.15, -0.1) is 0 Å². The lowest BCUT2D eigenvalue weighted by molar-refractivity contribution is -0.166. The SMILES string of the molecule is CCC(C)(C)C(=O)OC(C)(C)C.CCC(C)(C)C(=O)Oc1ccc(-c2ccccc2)cc1.CCC(C)C(=O)OC(C)(C)C.CCC(C)C(=O)OC(C)(C)C.CCC(C)C(=O)OC1CCOC1=O.CCC(C)C(=O)OCc1ccccc1.CCC(C)c1ccc(O)cc1.CCC(C)c1ccc(O)cc1.CCC(C)c1ccc(O)cc1.CCC(C)c1ccc(O)cc1.CCOC(C)Oc1ccc(C(C)CC)cc1. The molecule has 1 saturated heterocycles. The number of ether oxygens (including phenoxy) is 9.